The third-order valence-corrected chi connectivity index (χ3v) is 3.27. The van der Waals surface area contributed by atoms with Gasteiger partial charge < -0.3 is 25.3 Å². The Balaban J connectivity index is 0.00000338. The highest BCUT2D eigenvalue weighted by Gasteiger charge is 2.11. The number of benzene rings is 2. The summed E-state index contributed by atoms with van der Waals surface area (Å²) in [5, 5.41) is 2.90. The van der Waals surface area contributed by atoms with E-state index in [0.29, 0.717) is 22.7 Å². The predicted octanol–water partition coefficient (Wildman–Crippen LogP) is 3.85. The third-order valence-electron chi connectivity index (χ3n) is 3.27. The molecule has 2 aromatic rings. The maximum Gasteiger partial charge on any atom is 0.387 e. The van der Waals surface area contributed by atoms with Crippen LogP contribution in [0.25, 0.3) is 0 Å². The van der Waals surface area contributed by atoms with Crippen LogP contribution in [-0.2, 0) is 6.54 Å². The van der Waals surface area contributed by atoms with Crippen LogP contribution >= 0.6 is 24.0 Å². The Morgan fingerprint density at radius 2 is 1.85 bits per heavy atom. The van der Waals surface area contributed by atoms with Gasteiger partial charge in [0, 0.05) is 5.56 Å². The Labute approximate surface area is 167 Å². The smallest absolute Gasteiger partial charge is 0.387 e. The summed E-state index contributed by atoms with van der Waals surface area (Å²) in [6.45, 7) is -2.90. The number of hydrogen-bond donors (Lipinski definition) is 2. The quantitative estimate of drug-likeness (QED) is 0.359. The van der Waals surface area contributed by atoms with Gasteiger partial charge in [0.2, 0.25) is 0 Å². The molecule has 0 aromatic heterocycles. The predicted molar refractivity (Wildman–Crippen MR) is 107 cm³/mol. The number of ether oxygens (including phenoxy) is 3. The number of hydrogen-bond acceptors (Lipinski definition) is 4. The number of alkyl halides is 2. The molecule has 9 heteroatoms. The van der Waals surface area contributed by atoms with Crippen molar-refractivity contribution < 1.29 is 23.0 Å². The van der Waals surface area contributed by atoms with E-state index in [9.17, 15) is 8.78 Å². The maximum atomic E-state index is 12.5. The minimum atomic E-state index is -2.93. The number of nitrogens with zero attached hydrogens (tertiary/aromatic N) is 1. The Kier molecular flexibility index (Phi) is 8.90. The van der Waals surface area contributed by atoms with Crippen LogP contribution in [0.2, 0.25) is 0 Å². The minimum absolute atomic E-state index is 0. The average Bonchev–Trinajstić information content (AvgIpc) is 2.61. The summed E-state index contributed by atoms with van der Waals surface area (Å²) in [7, 11) is 3.02. The van der Waals surface area contributed by atoms with Crippen LogP contribution in [0.4, 0.5) is 14.5 Å². The van der Waals surface area contributed by atoms with Gasteiger partial charge in [0.25, 0.3) is 0 Å². The molecule has 0 aliphatic rings. The lowest BCUT2D eigenvalue weighted by Crippen LogP contribution is -2.23. The van der Waals surface area contributed by atoms with E-state index in [-0.39, 0.29) is 42.2 Å². The maximum absolute atomic E-state index is 12.5. The molecule has 6 nitrogen and oxygen atoms in total. The average molecular weight is 479 g/mol. The van der Waals surface area contributed by atoms with Crippen molar-refractivity contribution in [3.8, 4) is 17.2 Å². The molecule has 0 unspecified atom stereocenters. The molecule has 0 saturated carbocycles. The summed E-state index contributed by atoms with van der Waals surface area (Å²) >= 11 is 0. The summed E-state index contributed by atoms with van der Waals surface area (Å²) in [5.74, 6) is 1.23. The van der Waals surface area contributed by atoms with Crippen molar-refractivity contribution in [3.05, 3.63) is 48.0 Å². The van der Waals surface area contributed by atoms with E-state index in [0.717, 1.165) is 0 Å². The van der Waals surface area contributed by atoms with E-state index in [4.69, 9.17) is 15.2 Å². The number of para-hydroxylation sites is 2. The van der Waals surface area contributed by atoms with Crippen LogP contribution in [0.1, 0.15) is 5.56 Å². The molecule has 0 fully saturated rings. The molecule has 0 atom stereocenters. The third kappa shape index (κ3) is 6.21. The molecule has 3 N–H and O–H groups in total. The molecule has 0 aliphatic carbocycles. The van der Waals surface area contributed by atoms with Crippen LogP contribution in [0, 0.1) is 0 Å². The molecule has 0 radical (unpaired) electrons. The first-order valence-corrected chi connectivity index (χ1v) is 7.35. The van der Waals surface area contributed by atoms with Gasteiger partial charge in [0.1, 0.15) is 17.2 Å². The number of anilines is 1. The molecule has 0 aliphatic heterocycles. The Hall–Kier alpha value is -2.30. The van der Waals surface area contributed by atoms with E-state index in [1.165, 1.54) is 26.4 Å². The first-order chi connectivity index (χ1) is 12.0. The van der Waals surface area contributed by atoms with Crippen LogP contribution in [0.3, 0.4) is 0 Å². The molecule has 0 bridgehead atoms. The van der Waals surface area contributed by atoms with Crippen molar-refractivity contribution in [1.82, 2.24) is 0 Å². The second-order valence-corrected chi connectivity index (χ2v) is 4.88. The zero-order valence-electron chi connectivity index (χ0n) is 14.2. The lowest BCUT2D eigenvalue weighted by molar-refractivity contribution is -0.0504. The number of nitrogens with one attached hydrogen (secondary N) is 1. The Morgan fingerprint density at radius 3 is 2.50 bits per heavy atom. The van der Waals surface area contributed by atoms with Crippen molar-refractivity contribution in [2.75, 3.05) is 19.5 Å². The summed E-state index contributed by atoms with van der Waals surface area (Å²) in [6, 6.07) is 11.7. The van der Waals surface area contributed by atoms with Gasteiger partial charge in [-0.2, -0.15) is 8.78 Å². The number of guanidine groups is 1. The first kappa shape index (κ1) is 21.7. The normalized spacial score (nSPS) is 10.9. The zero-order chi connectivity index (χ0) is 18.2. The van der Waals surface area contributed by atoms with E-state index < -0.39 is 6.61 Å². The van der Waals surface area contributed by atoms with E-state index in [1.54, 1.807) is 18.2 Å². The van der Waals surface area contributed by atoms with Gasteiger partial charge in [-0.3, -0.25) is 0 Å². The van der Waals surface area contributed by atoms with Gasteiger partial charge in [-0.05, 0) is 30.3 Å². The van der Waals surface area contributed by atoms with Crippen LogP contribution in [0.5, 0.6) is 17.2 Å². The summed E-state index contributed by atoms with van der Waals surface area (Å²) in [4.78, 5) is 4.16. The lowest BCUT2D eigenvalue weighted by Gasteiger charge is -2.12. The van der Waals surface area contributed by atoms with E-state index in [2.05, 4.69) is 15.0 Å². The van der Waals surface area contributed by atoms with Crippen LogP contribution in [0.15, 0.2) is 47.5 Å². The first-order valence-electron chi connectivity index (χ1n) is 7.35. The van der Waals surface area contributed by atoms with Crippen molar-refractivity contribution in [1.29, 1.82) is 0 Å². The molecule has 0 heterocycles. The van der Waals surface area contributed by atoms with Crippen molar-refractivity contribution in [2.45, 2.75) is 13.2 Å². The molecule has 2 aromatic carbocycles. The van der Waals surface area contributed by atoms with Gasteiger partial charge in [0.05, 0.1) is 26.5 Å². The SMILES string of the molecule is COc1ccc(OC(F)F)c(CN=C(N)Nc2ccccc2OC)c1.I. The molecule has 142 valence electrons. The number of rotatable bonds is 7. The van der Waals surface area contributed by atoms with Crippen molar-refractivity contribution in [2.24, 2.45) is 10.7 Å². The molecule has 0 saturated heterocycles. The van der Waals surface area contributed by atoms with Gasteiger partial charge in [-0.25, -0.2) is 4.99 Å². The fourth-order valence-electron chi connectivity index (χ4n) is 2.11. The van der Waals surface area contributed by atoms with Gasteiger partial charge in [-0.15, -0.1) is 24.0 Å². The van der Waals surface area contributed by atoms with Crippen molar-refractivity contribution in [3.63, 3.8) is 0 Å². The fraction of sp³-hybridized carbons (Fsp3) is 0.235. The standard InChI is InChI=1S/C17H19F2N3O3.HI/c1-23-12-7-8-14(25-16(18)19)11(9-12)10-21-17(20)22-13-5-3-4-6-15(13)24-2;/h3-9,16H,10H2,1-2H3,(H3,20,21,22);1H. The highest BCUT2D eigenvalue weighted by molar-refractivity contribution is 14.0. The molecule has 2 rings (SSSR count). The zero-order valence-corrected chi connectivity index (χ0v) is 16.6. The molecule has 0 amide bonds. The van der Waals surface area contributed by atoms with Crippen molar-refractivity contribution >= 4 is 35.6 Å². The van der Waals surface area contributed by atoms with Gasteiger partial charge in [0.15, 0.2) is 5.96 Å². The minimum Gasteiger partial charge on any atom is -0.497 e. The topological polar surface area (TPSA) is 78.1 Å². The highest BCUT2D eigenvalue weighted by atomic mass is 127. The summed E-state index contributed by atoms with van der Waals surface area (Å²) in [5.41, 5.74) is 6.92. The van der Waals surface area contributed by atoms with Crippen LogP contribution < -0.4 is 25.3 Å². The number of halogens is 3. The fourth-order valence-corrected chi connectivity index (χ4v) is 2.11. The number of nitrogens with two attached hydrogens (primary N) is 1. The Bertz CT molecular complexity index is 745. The molecular formula is C17H20F2IN3O3. The number of methoxy groups -OCH3 is 2. The largest absolute Gasteiger partial charge is 0.497 e. The molecule has 0 spiro atoms. The van der Waals surface area contributed by atoms with E-state index >= 15 is 0 Å². The second kappa shape index (κ2) is 10.6. The van der Waals surface area contributed by atoms with Gasteiger partial charge >= 0.3 is 6.61 Å². The summed E-state index contributed by atoms with van der Waals surface area (Å²) < 4.78 is 39.8. The summed E-state index contributed by atoms with van der Waals surface area (Å²) in [6.07, 6.45) is 0. The van der Waals surface area contributed by atoms with Gasteiger partial charge in [-0.1, -0.05) is 12.1 Å². The number of aliphatic imine (C=N–C) groups is 1. The van der Waals surface area contributed by atoms with E-state index in [1.807, 2.05) is 12.1 Å². The lowest BCUT2D eigenvalue weighted by atomic mass is 10.2. The van der Waals surface area contributed by atoms with Crippen LogP contribution in [-0.4, -0.2) is 26.8 Å². The monoisotopic (exact) mass is 479 g/mol. The second-order valence-electron chi connectivity index (χ2n) is 4.88. The molecular weight excluding hydrogens is 459 g/mol. The molecule has 26 heavy (non-hydrogen) atoms. The highest BCUT2D eigenvalue weighted by Crippen LogP contribution is 2.27. The Morgan fingerprint density at radius 1 is 1.12 bits per heavy atom.